The molecule has 0 aliphatic carbocycles. The van der Waals surface area contributed by atoms with Crippen molar-refractivity contribution in [2.75, 3.05) is 6.54 Å². The summed E-state index contributed by atoms with van der Waals surface area (Å²) in [7, 11) is 0. The summed E-state index contributed by atoms with van der Waals surface area (Å²) in [6, 6.07) is 8.92. The Hall–Kier alpha value is -1.02. The van der Waals surface area contributed by atoms with E-state index in [1.165, 1.54) is 5.56 Å². The Labute approximate surface area is 85.1 Å². The van der Waals surface area contributed by atoms with Gasteiger partial charge in [-0.1, -0.05) is 12.1 Å². The molecular weight excluding hydrogens is 174 g/mol. The van der Waals surface area contributed by atoms with Gasteiger partial charge >= 0.3 is 0 Å². The summed E-state index contributed by atoms with van der Waals surface area (Å²) in [5.41, 5.74) is 6.90. The first kappa shape index (κ1) is 9.53. The summed E-state index contributed by atoms with van der Waals surface area (Å²) in [6.07, 6.45) is 0.987. The number of rotatable bonds is 1. The summed E-state index contributed by atoms with van der Waals surface area (Å²) in [5.74, 6) is 1.36. The molecule has 0 aromatic heterocycles. The van der Waals surface area contributed by atoms with E-state index in [-0.39, 0.29) is 5.60 Å². The highest BCUT2D eigenvalue weighted by Crippen LogP contribution is 2.39. The molecule has 14 heavy (non-hydrogen) atoms. The first-order valence-electron chi connectivity index (χ1n) is 5.01. The molecule has 1 aromatic carbocycles. The third-order valence-electron chi connectivity index (χ3n) is 2.71. The van der Waals surface area contributed by atoms with Crippen LogP contribution < -0.4 is 10.5 Å². The molecule has 1 atom stereocenters. The van der Waals surface area contributed by atoms with Crippen LogP contribution in [0.4, 0.5) is 0 Å². The lowest BCUT2D eigenvalue weighted by molar-refractivity contribution is 0.0731. The van der Waals surface area contributed by atoms with Crippen LogP contribution in [0.15, 0.2) is 18.2 Å². The predicted molar refractivity (Wildman–Crippen MR) is 56.4 cm³/mol. The van der Waals surface area contributed by atoms with Gasteiger partial charge in [0, 0.05) is 5.92 Å². The van der Waals surface area contributed by atoms with Gasteiger partial charge in [0.25, 0.3) is 0 Å². The van der Waals surface area contributed by atoms with Gasteiger partial charge in [-0.2, -0.15) is 0 Å². The third kappa shape index (κ3) is 1.62. The van der Waals surface area contributed by atoms with E-state index in [9.17, 15) is 0 Å². The lowest BCUT2D eigenvalue weighted by atomic mass is 9.84. The van der Waals surface area contributed by atoms with E-state index in [0.717, 1.165) is 12.2 Å². The average molecular weight is 190 g/mol. The minimum atomic E-state index is -0.105. The molecule has 1 aromatic rings. The highest BCUT2D eigenvalue weighted by Gasteiger charge is 2.32. The van der Waals surface area contributed by atoms with E-state index in [1.54, 1.807) is 0 Å². The highest BCUT2D eigenvalue weighted by atomic mass is 16.5. The van der Waals surface area contributed by atoms with Crippen molar-refractivity contribution < 1.29 is 4.74 Å². The van der Waals surface area contributed by atoms with Crippen LogP contribution in [0.1, 0.15) is 31.7 Å². The normalized spacial score (nSPS) is 23.8. The Morgan fingerprint density at radius 1 is 1.64 bits per heavy atom. The first-order valence-corrected chi connectivity index (χ1v) is 5.01. The molecule has 1 aliphatic rings. The van der Waals surface area contributed by atoms with Crippen LogP contribution in [-0.4, -0.2) is 12.1 Å². The van der Waals surface area contributed by atoms with Crippen molar-refractivity contribution in [2.24, 2.45) is 5.73 Å². The Balaban J connectivity index is 2.41. The summed E-state index contributed by atoms with van der Waals surface area (Å²) >= 11 is 0. The second-order valence-corrected chi connectivity index (χ2v) is 4.46. The topological polar surface area (TPSA) is 35.2 Å². The lowest BCUT2D eigenvalue weighted by Crippen LogP contribution is -2.36. The van der Waals surface area contributed by atoms with Crippen LogP contribution in [0.5, 0.6) is 5.75 Å². The van der Waals surface area contributed by atoms with E-state index >= 15 is 0 Å². The van der Waals surface area contributed by atoms with Crippen molar-refractivity contribution in [3.63, 3.8) is 0 Å². The molecule has 2 N–H and O–H groups in total. The fraction of sp³-hybridized carbons (Fsp3) is 0.500. The van der Waals surface area contributed by atoms with Crippen molar-refractivity contribution in [3.8, 4) is 5.75 Å². The van der Waals surface area contributed by atoms with Crippen LogP contribution in [0.25, 0.3) is 0 Å². The Bertz CT molecular complexity index is 333. The van der Waals surface area contributed by atoms with Crippen molar-refractivity contribution in [2.45, 2.75) is 31.8 Å². The smallest absolute Gasteiger partial charge is 0.124 e. The van der Waals surface area contributed by atoms with Crippen LogP contribution in [0.2, 0.25) is 0 Å². The van der Waals surface area contributed by atoms with Gasteiger partial charge in [0.1, 0.15) is 11.4 Å². The maximum atomic E-state index is 5.86. The highest BCUT2D eigenvalue weighted by molar-refractivity contribution is 5.38. The monoisotopic (exact) mass is 190 g/mol. The van der Waals surface area contributed by atoms with E-state index < -0.39 is 0 Å². The molecule has 2 rings (SSSR count). The standard InChI is InChI=1S/C12H16NO/c1-12(2)7-9(8-13)10-5-3-4-6-11(10)14-12/h3,5-6,9H,7-8,13H2,1-2H3. The quantitative estimate of drug-likeness (QED) is 0.736. The van der Waals surface area contributed by atoms with E-state index in [4.69, 9.17) is 10.5 Å². The van der Waals surface area contributed by atoms with Crippen LogP contribution in [-0.2, 0) is 0 Å². The van der Waals surface area contributed by atoms with E-state index in [1.807, 2.05) is 12.1 Å². The van der Waals surface area contributed by atoms with Crippen LogP contribution in [0.3, 0.4) is 0 Å². The van der Waals surface area contributed by atoms with Crippen molar-refractivity contribution in [1.29, 1.82) is 0 Å². The molecule has 2 nitrogen and oxygen atoms in total. The summed E-state index contributed by atoms with van der Waals surface area (Å²) in [6.45, 7) is 4.89. The largest absolute Gasteiger partial charge is 0.488 e. The van der Waals surface area contributed by atoms with E-state index in [0.29, 0.717) is 12.5 Å². The van der Waals surface area contributed by atoms with Gasteiger partial charge in [0.2, 0.25) is 0 Å². The van der Waals surface area contributed by atoms with Gasteiger partial charge in [-0.05, 0) is 44.5 Å². The molecule has 0 saturated carbocycles. The van der Waals surface area contributed by atoms with Crippen LogP contribution in [0, 0.1) is 6.07 Å². The van der Waals surface area contributed by atoms with Crippen molar-refractivity contribution in [3.05, 3.63) is 29.8 Å². The zero-order valence-corrected chi connectivity index (χ0v) is 8.71. The summed E-state index contributed by atoms with van der Waals surface area (Å²) in [5, 5.41) is 0. The predicted octanol–water partition coefficient (Wildman–Crippen LogP) is 2.09. The Morgan fingerprint density at radius 3 is 3.14 bits per heavy atom. The fourth-order valence-electron chi connectivity index (χ4n) is 2.11. The average Bonchev–Trinajstić information content (AvgIpc) is 2.15. The molecule has 0 spiro atoms. The SMILES string of the molecule is CC1(C)CC(CN)c2cc[c]cc2O1. The van der Waals surface area contributed by atoms with Crippen LogP contribution >= 0.6 is 0 Å². The number of fused-ring (bicyclic) bond motifs is 1. The number of ether oxygens (including phenoxy) is 1. The van der Waals surface area contributed by atoms with Crippen molar-refractivity contribution >= 4 is 0 Å². The molecule has 1 radical (unpaired) electrons. The molecule has 2 heteroatoms. The van der Waals surface area contributed by atoms with Crippen molar-refractivity contribution in [1.82, 2.24) is 0 Å². The zero-order chi connectivity index (χ0) is 10.2. The lowest BCUT2D eigenvalue weighted by Gasteiger charge is -2.37. The van der Waals surface area contributed by atoms with E-state index in [2.05, 4.69) is 26.0 Å². The van der Waals surface area contributed by atoms with Gasteiger partial charge in [-0.25, -0.2) is 0 Å². The summed E-state index contributed by atoms with van der Waals surface area (Å²) < 4.78 is 5.86. The third-order valence-corrected chi connectivity index (χ3v) is 2.71. The summed E-state index contributed by atoms with van der Waals surface area (Å²) in [4.78, 5) is 0. The second-order valence-electron chi connectivity index (χ2n) is 4.46. The van der Waals surface area contributed by atoms with Gasteiger partial charge in [-0.3, -0.25) is 0 Å². The molecule has 1 unspecified atom stereocenters. The molecule has 1 heterocycles. The second kappa shape index (κ2) is 3.28. The van der Waals surface area contributed by atoms with Gasteiger partial charge in [0.15, 0.2) is 0 Å². The van der Waals surface area contributed by atoms with Gasteiger partial charge in [-0.15, -0.1) is 0 Å². The zero-order valence-electron chi connectivity index (χ0n) is 8.71. The number of hydrogen-bond acceptors (Lipinski definition) is 2. The molecule has 0 bridgehead atoms. The number of nitrogens with two attached hydrogens (primary N) is 1. The minimum absolute atomic E-state index is 0.105. The minimum Gasteiger partial charge on any atom is -0.488 e. The molecule has 0 amide bonds. The molecule has 75 valence electrons. The molecule has 0 fully saturated rings. The maximum absolute atomic E-state index is 5.86. The number of hydrogen-bond donors (Lipinski definition) is 1. The fourth-order valence-corrected chi connectivity index (χ4v) is 2.11. The number of benzene rings is 1. The first-order chi connectivity index (χ1) is 6.62. The Morgan fingerprint density at radius 2 is 2.43 bits per heavy atom. The van der Waals surface area contributed by atoms with Gasteiger partial charge < -0.3 is 10.5 Å². The maximum Gasteiger partial charge on any atom is 0.124 e. The van der Waals surface area contributed by atoms with Gasteiger partial charge in [0.05, 0.1) is 0 Å². The molecule has 1 aliphatic heterocycles. The Kier molecular flexibility index (Phi) is 2.23. The molecule has 0 saturated heterocycles. The molecular formula is C12H16NO.